The minimum Gasteiger partial charge on any atom is -0.287 e. The number of nitrogens with zero attached hydrogens (tertiary/aromatic N) is 1. The summed E-state index contributed by atoms with van der Waals surface area (Å²) < 4.78 is 27.8. The topological polar surface area (TPSA) is 130 Å². The van der Waals surface area contributed by atoms with Gasteiger partial charge in [0.25, 0.3) is 11.6 Å². The molecule has 0 aromatic heterocycles. The van der Waals surface area contributed by atoms with Gasteiger partial charge in [-0.3, -0.25) is 20.3 Å². The van der Waals surface area contributed by atoms with Crippen molar-refractivity contribution >= 4 is 21.6 Å². The number of benzene rings is 3. The molecule has 0 fully saturated rings. The van der Waals surface area contributed by atoms with E-state index in [9.17, 15) is 23.3 Å². The Balaban J connectivity index is 1.70. The van der Waals surface area contributed by atoms with Crippen LogP contribution in [0.1, 0.15) is 27.5 Å². The van der Waals surface area contributed by atoms with Crippen LogP contribution in [-0.4, -0.2) is 25.8 Å². The summed E-state index contributed by atoms with van der Waals surface area (Å²) in [6.07, 6.45) is 0. The molecule has 0 saturated carbocycles. The average Bonchev–Trinajstić information content (AvgIpc) is 2.80. The molecule has 9 nitrogen and oxygen atoms in total. The predicted molar refractivity (Wildman–Crippen MR) is 119 cm³/mol. The van der Waals surface area contributed by atoms with Gasteiger partial charge in [0.1, 0.15) is 0 Å². The van der Waals surface area contributed by atoms with Crippen molar-refractivity contribution in [3.05, 3.63) is 106 Å². The third-order valence-corrected chi connectivity index (χ3v) is 6.15. The molecule has 0 aliphatic rings. The second-order valence-corrected chi connectivity index (χ2v) is 8.80. The van der Waals surface area contributed by atoms with Gasteiger partial charge in [0.15, 0.2) is 0 Å². The van der Waals surface area contributed by atoms with Crippen LogP contribution >= 0.6 is 0 Å². The summed E-state index contributed by atoms with van der Waals surface area (Å²) in [7, 11) is -3.75. The molecule has 0 spiro atoms. The smallest absolute Gasteiger partial charge is 0.269 e. The molecule has 0 aliphatic carbocycles. The van der Waals surface area contributed by atoms with Crippen molar-refractivity contribution in [2.24, 2.45) is 0 Å². The Morgan fingerprint density at radius 3 is 2.19 bits per heavy atom. The minimum absolute atomic E-state index is 0.0270. The Bertz CT molecular complexity index is 1180. The van der Waals surface area contributed by atoms with Crippen LogP contribution in [0.15, 0.2) is 83.8 Å². The molecule has 3 N–H and O–H groups in total. The van der Waals surface area contributed by atoms with Gasteiger partial charge in [-0.25, -0.2) is 18.6 Å². The third-order valence-electron chi connectivity index (χ3n) is 4.71. The standard InChI is InChI=1S/C22H22N4O5S/c1-16-7-13-20(14-8-16)32(30,31)23-15-21(17-5-3-2-4-6-17)24-25-22(27)18-9-11-19(12-10-18)26(28)29/h2-14,21,23-24H,15H2,1H3,(H,25,27)/t21-/m1/s1. The van der Waals surface area contributed by atoms with E-state index in [1.807, 2.05) is 13.0 Å². The van der Waals surface area contributed by atoms with E-state index in [0.717, 1.165) is 11.1 Å². The van der Waals surface area contributed by atoms with Crippen LogP contribution in [0, 0.1) is 17.0 Å². The SMILES string of the molecule is Cc1ccc(S(=O)(=O)NC[C@@H](NNC(=O)c2ccc([N+](=O)[O-])cc2)c2ccccc2)cc1. The molecule has 0 aliphatic heterocycles. The molecule has 32 heavy (non-hydrogen) atoms. The number of carbonyl (C=O) groups is 1. The summed E-state index contributed by atoms with van der Waals surface area (Å²) in [5.41, 5.74) is 7.17. The highest BCUT2D eigenvalue weighted by Crippen LogP contribution is 2.15. The lowest BCUT2D eigenvalue weighted by atomic mass is 10.1. The number of carbonyl (C=O) groups excluding carboxylic acids is 1. The van der Waals surface area contributed by atoms with Crippen molar-refractivity contribution < 1.29 is 18.1 Å². The molecular weight excluding hydrogens is 432 g/mol. The van der Waals surface area contributed by atoms with Gasteiger partial charge in [-0.1, -0.05) is 48.0 Å². The number of nitrogens with one attached hydrogen (secondary N) is 3. The fourth-order valence-electron chi connectivity index (χ4n) is 2.89. The van der Waals surface area contributed by atoms with Gasteiger partial charge in [-0.05, 0) is 36.8 Å². The highest BCUT2D eigenvalue weighted by Gasteiger charge is 2.19. The highest BCUT2D eigenvalue weighted by atomic mass is 32.2. The third kappa shape index (κ3) is 5.97. The molecule has 10 heteroatoms. The lowest BCUT2D eigenvalue weighted by molar-refractivity contribution is -0.384. The number of nitro groups is 1. The van der Waals surface area contributed by atoms with Crippen LogP contribution in [0.25, 0.3) is 0 Å². The summed E-state index contributed by atoms with van der Waals surface area (Å²) in [4.78, 5) is 22.8. The van der Waals surface area contributed by atoms with Crippen molar-refractivity contribution in [2.45, 2.75) is 17.9 Å². The fraction of sp³-hybridized carbons (Fsp3) is 0.136. The van der Waals surface area contributed by atoms with Gasteiger partial charge < -0.3 is 0 Å². The van der Waals surface area contributed by atoms with Crippen LogP contribution in [0.4, 0.5) is 5.69 Å². The van der Waals surface area contributed by atoms with Gasteiger partial charge in [-0.2, -0.15) is 0 Å². The Hall–Kier alpha value is -3.60. The largest absolute Gasteiger partial charge is 0.287 e. The lowest BCUT2D eigenvalue weighted by Crippen LogP contribution is -2.44. The van der Waals surface area contributed by atoms with Crippen molar-refractivity contribution in [1.29, 1.82) is 0 Å². The number of aryl methyl sites for hydroxylation is 1. The average molecular weight is 455 g/mol. The number of hydrogen-bond donors (Lipinski definition) is 3. The number of hydrogen-bond acceptors (Lipinski definition) is 6. The van der Waals surface area contributed by atoms with E-state index < -0.39 is 26.9 Å². The molecule has 166 valence electrons. The van der Waals surface area contributed by atoms with Crippen molar-refractivity contribution in [2.75, 3.05) is 6.54 Å². The molecule has 1 atom stereocenters. The molecule has 1 amide bonds. The van der Waals surface area contributed by atoms with E-state index in [1.54, 1.807) is 36.4 Å². The number of non-ortho nitro benzene ring substituents is 1. The predicted octanol–water partition coefficient (Wildman–Crippen LogP) is 2.86. The first-order valence-corrected chi connectivity index (χ1v) is 11.2. The number of hydrazine groups is 1. The molecule has 0 saturated heterocycles. The Morgan fingerprint density at radius 2 is 1.59 bits per heavy atom. The normalized spacial score (nSPS) is 12.2. The zero-order valence-electron chi connectivity index (χ0n) is 17.2. The van der Waals surface area contributed by atoms with Gasteiger partial charge in [0, 0.05) is 24.2 Å². The monoisotopic (exact) mass is 454 g/mol. The van der Waals surface area contributed by atoms with Crippen LogP contribution < -0.4 is 15.6 Å². The lowest BCUT2D eigenvalue weighted by Gasteiger charge is -2.20. The highest BCUT2D eigenvalue weighted by molar-refractivity contribution is 7.89. The Morgan fingerprint density at radius 1 is 0.969 bits per heavy atom. The van der Waals surface area contributed by atoms with E-state index in [0.29, 0.717) is 0 Å². The van der Waals surface area contributed by atoms with E-state index in [2.05, 4.69) is 15.6 Å². The number of sulfonamides is 1. The first-order valence-electron chi connectivity index (χ1n) is 9.68. The van der Waals surface area contributed by atoms with Crippen LogP contribution in [0.5, 0.6) is 0 Å². The number of nitro benzene ring substituents is 1. The maximum Gasteiger partial charge on any atom is 0.269 e. The van der Waals surface area contributed by atoms with Crippen molar-refractivity contribution in [3.8, 4) is 0 Å². The van der Waals surface area contributed by atoms with E-state index in [-0.39, 0.29) is 22.7 Å². The first-order chi connectivity index (χ1) is 15.3. The first kappa shape index (κ1) is 23.1. The Labute approximate surface area is 185 Å². The Kier molecular flexibility index (Phi) is 7.31. The number of amides is 1. The van der Waals surface area contributed by atoms with Crippen LogP contribution in [-0.2, 0) is 10.0 Å². The summed E-state index contributed by atoms with van der Waals surface area (Å²) in [6, 6.07) is 20.1. The zero-order valence-corrected chi connectivity index (χ0v) is 18.0. The van der Waals surface area contributed by atoms with Crippen LogP contribution in [0.2, 0.25) is 0 Å². The van der Waals surface area contributed by atoms with Crippen molar-refractivity contribution in [1.82, 2.24) is 15.6 Å². The quantitative estimate of drug-likeness (QED) is 0.337. The molecule has 0 bridgehead atoms. The summed E-state index contributed by atoms with van der Waals surface area (Å²) in [6.45, 7) is 1.84. The van der Waals surface area contributed by atoms with Gasteiger partial charge in [0.2, 0.25) is 10.0 Å². The second kappa shape index (κ2) is 10.1. The molecule has 0 radical (unpaired) electrons. The molecule has 3 aromatic rings. The van der Waals surface area contributed by atoms with E-state index in [4.69, 9.17) is 0 Å². The molecule has 3 rings (SSSR count). The molecule has 0 unspecified atom stereocenters. The maximum atomic E-state index is 12.6. The molecule has 3 aromatic carbocycles. The second-order valence-electron chi connectivity index (χ2n) is 7.03. The van der Waals surface area contributed by atoms with Gasteiger partial charge >= 0.3 is 0 Å². The molecule has 0 heterocycles. The molecular formula is C22H22N4O5S. The summed E-state index contributed by atoms with van der Waals surface area (Å²) in [5, 5.41) is 10.8. The van der Waals surface area contributed by atoms with Crippen LogP contribution in [0.3, 0.4) is 0 Å². The zero-order chi connectivity index (χ0) is 23.1. The van der Waals surface area contributed by atoms with Gasteiger partial charge in [-0.15, -0.1) is 0 Å². The van der Waals surface area contributed by atoms with Gasteiger partial charge in [0.05, 0.1) is 15.9 Å². The fourth-order valence-corrected chi connectivity index (χ4v) is 3.94. The van der Waals surface area contributed by atoms with Crippen molar-refractivity contribution in [3.63, 3.8) is 0 Å². The van der Waals surface area contributed by atoms with E-state index in [1.165, 1.54) is 36.4 Å². The maximum absolute atomic E-state index is 12.6. The number of rotatable bonds is 9. The minimum atomic E-state index is -3.75. The summed E-state index contributed by atoms with van der Waals surface area (Å²) >= 11 is 0. The van der Waals surface area contributed by atoms with E-state index >= 15 is 0 Å². The summed E-state index contributed by atoms with van der Waals surface area (Å²) in [5.74, 6) is -0.512.